The van der Waals surface area contributed by atoms with Gasteiger partial charge in [0.15, 0.2) is 9.84 Å². The number of nitrogens with two attached hydrogens (primary N) is 1. The van der Waals surface area contributed by atoms with Crippen LogP contribution in [0.15, 0.2) is 23.1 Å². The van der Waals surface area contributed by atoms with Crippen LogP contribution in [-0.4, -0.2) is 43.5 Å². The normalized spacial score (nSPS) is 26.6. The maximum Gasteiger partial charge on any atom is 0.177 e. The van der Waals surface area contributed by atoms with E-state index in [0.29, 0.717) is 18.7 Å². The fourth-order valence-corrected chi connectivity index (χ4v) is 3.75. The highest BCUT2D eigenvalue weighted by Gasteiger charge is 2.43. The number of nitrogens with zero attached hydrogens (tertiary/aromatic N) is 2. The lowest BCUT2D eigenvalue weighted by Crippen LogP contribution is -2.43. The van der Waals surface area contributed by atoms with Crippen LogP contribution in [0.3, 0.4) is 0 Å². The minimum absolute atomic E-state index is 0.158. The molecule has 1 fully saturated rings. The van der Waals surface area contributed by atoms with Gasteiger partial charge < -0.3 is 15.0 Å². The molecule has 1 aliphatic heterocycles. The van der Waals surface area contributed by atoms with Crippen LogP contribution in [0.2, 0.25) is 0 Å². The highest BCUT2D eigenvalue weighted by molar-refractivity contribution is 7.91. The molecule has 0 amide bonds. The number of benzene rings is 1. The number of para-hydroxylation sites is 1. The second-order valence-corrected chi connectivity index (χ2v) is 7.91. The smallest absolute Gasteiger partial charge is 0.177 e. The number of hydrogen-bond donors (Lipinski definition) is 1. The van der Waals surface area contributed by atoms with Crippen LogP contribution >= 0.6 is 0 Å². The van der Waals surface area contributed by atoms with E-state index in [-0.39, 0.29) is 10.9 Å². The second kappa shape index (κ2) is 4.53. The fraction of sp³-hybridized carbons (Fsp3) is 0.500. The Morgan fingerprint density at radius 3 is 2.76 bits per heavy atom. The molecule has 1 aromatic heterocycles. The zero-order chi connectivity index (χ0) is 15.4. The summed E-state index contributed by atoms with van der Waals surface area (Å²) in [4.78, 5) is 4.85. The minimum Gasteiger partial charge on any atom is -0.379 e. The Morgan fingerprint density at radius 2 is 2.19 bits per heavy atom. The molecule has 1 aromatic carbocycles. The minimum atomic E-state index is -3.33. The van der Waals surface area contributed by atoms with E-state index in [4.69, 9.17) is 10.5 Å². The third-order valence-electron chi connectivity index (χ3n) is 4.30. The first kappa shape index (κ1) is 14.5. The van der Waals surface area contributed by atoms with Crippen molar-refractivity contribution in [1.82, 2.24) is 9.55 Å². The molecule has 3 rings (SSSR count). The molecular formula is C14H19N3O3S. The lowest BCUT2D eigenvalue weighted by Gasteiger charge is -2.26. The van der Waals surface area contributed by atoms with Crippen molar-refractivity contribution in [2.75, 3.05) is 19.5 Å². The molecule has 1 aliphatic rings. The number of imidazole rings is 1. The summed E-state index contributed by atoms with van der Waals surface area (Å²) in [5.41, 5.74) is 7.03. The molecule has 2 heterocycles. The number of ether oxygens (including phenoxy) is 1. The van der Waals surface area contributed by atoms with Crippen LogP contribution in [0.1, 0.15) is 12.7 Å². The van der Waals surface area contributed by atoms with Gasteiger partial charge >= 0.3 is 0 Å². The van der Waals surface area contributed by atoms with Crippen molar-refractivity contribution in [3.63, 3.8) is 0 Å². The van der Waals surface area contributed by atoms with E-state index in [0.717, 1.165) is 11.3 Å². The summed E-state index contributed by atoms with van der Waals surface area (Å²) in [6.45, 7) is 2.98. The molecule has 2 atom stereocenters. The van der Waals surface area contributed by atoms with Crippen LogP contribution < -0.4 is 5.73 Å². The van der Waals surface area contributed by atoms with Crippen LogP contribution in [0.5, 0.6) is 0 Å². The van der Waals surface area contributed by atoms with E-state index in [1.165, 1.54) is 6.26 Å². The first-order chi connectivity index (χ1) is 9.75. The Bertz CT molecular complexity index is 812. The topological polar surface area (TPSA) is 87.2 Å². The Hall–Kier alpha value is -1.44. The van der Waals surface area contributed by atoms with Crippen molar-refractivity contribution >= 4 is 20.9 Å². The first-order valence-corrected chi connectivity index (χ1v) is 8.63. The number of aryl methyl sites for hydroxylation is 1. The molecule has 0 bridgehead atoms. The summed E-state index contributed by atoms with van der Waals surface area (Å²) in [5.74, 6) is 0.763. The largest absolute Gasteiger partial charge is 0.379 e. The lowest BCUT2D eigenvalue weighted by atomic mass is 9.85. The van der Waals surface area contributed by atoms with E-state index in [1.807, 2.05) is 24.6 Å². The van der Waals surface area contributed by atoms with Crippen molar-refractivity contribution in [3.05, 3.63) is 24.0 Å². The molecule has 7 heteroatoms. The monoisotopic (exact) mass is 309 g/mol. The van der Waals surface area contributed by atoms with E-state index in [9.17, 15) is 8.42 Å². The zero-order valence-electron chi connectivity index (χ0n) is 12.3. The van der Waals surface area contributed by atoms with Crippen molar-refractivity contribution in [2.24, 2.45) is 12.8 Å². The van der Waals surface area contributed by atoms with E-state index < -0.39 is 15.3 Å². The van der Waals surface area contributed by atoms with E-state index in [2.05, 4.69) is 4.98 Å². The molecule has 2 N–H and O–H groups in total. The van der Waals surface area contributed by atoms with Gasteiger partial charge in [-0.05, 0) is 19.1 Å². The molecule has 0 aliphatic carbocycles. The van der Waals surface area contributed by atoms with E-state index >= 15 is 0 Å². The van der Waals surface area contributed by atoms with Gasteiger partial charge in [0, 0.05) is 19.3 Å². The number of hydrogen-bond acceptors (Lipinski definition) is 5. The molecule has 21 heavy (non-hydrogen) atoms. The highest BCUT2D eigenvalue weighted by atomic mass is 32.2. The van der Waals surface area contributed by atoms with Gasteiger partial charge in [-0.25, -0.2) is 13.4 Å². The average molecular weight is 309 g/mol. The third-order valence-corrected chi connectivity index (χ3v) is 5.43. The van der Waals surface area contributed by atoms with E-state index in [1.54, 1.807) is 12.1 Å². The van der Waals surface area contributed by atoms with Crippen LogP contribution in [0, 0.1) is 0 Å². The van der Waals surface area contributed by atoms with Crippen molar-refractivity contribution in [2.45, 2.75) is 23.3 Å². The molecule has 0 radical (unpaired) electrons. The molecule has 6 nitrogen and oxygen atoms in total. The lowest BCUT2D eigenvalue weighted by molar-refractivity contribution is 0.177. The SMILES string of the molecule is Cn1c(C2(C)COCC2N)nc2c(S(C)(=O)=O)cccc21. The first-order valence-electron chi connectivity index (χ1n) is 6.74. The second-order valence-electron chi connectivity index (χ2n) is 5.93. The Balaban J connectivity index is 2.30. The van der Waals surface area contributed by atoms with Crippen LogP contribution in [0.25, 0.3) is 11.0 Å². The van der Waals surface area contributed by atoms with Gasteiger partial charge in [0.25, 0.3) is 0 Å². The predicted molar refractivity (Wildman–Crippen MR) is 80.0 cm³/mol. The van der Waals surface area contributed by atoms with Gasteiger partial charge in [-0.3, -0.25) is 0 Å². The summed E-state index contributed by atoms with van der Waals surface area (Å²) in [6, 6.07) is 5.03. The van der Waals surface area contributed by atoms with Gasteiger partial charge in [-0.1, -0.05) is 6.07 Å². The number of aromatic nitrogens is 2. The number of fused-ring (bicyclic) bond motifs is 1. The van der Waals surface area contributed by atoms with Crippen LogP contribution in [0.4, 0.5) is 0 Å². The molecule has 2 aromatic rings. The summed E-state index contributed by atoms with van der Waals surface area (Å²) < 4.78 is 31.3. The quantitative estimate of drug-likeness (QED) is 0.877. The molecule has 2 unspecified atom stereocenters. The summed E-state index contributed by atoms with van der Waals surface area (Å²) in [5, 5.41) is 0. The summed E-state index contributed by atoms with van der Waals surface area (Å²) in [7, 11) is -1.45. The summed E-state index contributed by atoms with van der Waals surface area (Å²) >= 11 is 0. The standard InChI is InChI=1S/C14H19N3O3S/c1-14(8-20-7-11(14)15)13-16-12-9(17(13)2)5-4-6-10(12)21(3,18)19/h4-6,11H,7-8,15H2,1-3H3. The van der Waals surface area contributed by atoms with Crippen molar-refractivity contribution < 1.29 is 13.2 Å². The predicted octanol–water partition coefficient (Wildman–Crippen LogP) is 0.592. The highest BCUT2D eigenvalue weighted by Crippen LogP contribution is 2.34. The number of rotatable bonds is 2. The average Bonchev–Trinajstić information content (AvgIpc) is 2.91. The molecular weight excluding hydrogens is 290 g/mol. The maximum atomic E-state index is 11.9. The fourth-order valence-electron chi connectivity index (χ4n) is 2.92. The van der Waals surface area contributed by atoms with Gasteiger partial charge in [-0.2, -0.15) is 0 Å². The van der Waals surface area contributed by atoms with Gasteiger partial charge in [0.05, 0.1) is 29.0 Å². The number of sulfone groups is 1. The van der Waals surface area contributed by atoms with Crippen molar-refractivity contribution in [1.29, 1.82) is 0 Å². The van der Waals surface area contributed by atoms with Gasteiger partial charge in [-0.15, -0.1) is 0 Å². The Kier molecular flexibility index (Phi) is 3.12. The molecule has 0 spiro atoms. The summed E-state index contributed by atoms with van der Waals surface area (Å²) in [6.07, 6.45) is 1.20. The molecule has 1 saturated heterocycles. The Morgan fingerprint density at radius 1 is 1.48 bits per heavy atom. The zero-order valence-corrected chi connectivity index (χ0v) is 13.1. The van der Waals surface area contributed by atoms with Gasteiger partial charge in [0.1, 0.15) is 11.3 Å². The Labute approximate surface area is 123 Å². The van der Waals surface area contributed by atoms with Gasteiger partial charge in [0.2, 0.25) is 0 Å². The van der Waals surface area contributed by atoms with Crippen LogP contribution in [-0.2, 0) is 27.0 Å². The maximum absolute atomic E-state index is 11.9. The molecule has 114 valence electrons. The van der Waals surface area contributed by atoms with Crippen molar-refractivity contribution in [3.8, 4) is 0 Å². The molecule has 0 saturated carbocycles. The third kappa shape index (κ3) is 2.07.